The molecule has 5 heteroatoms. The number of hydrogen-bond donors (Lipinski definition) is 1. The van der Waals surface area contributed by atoms with Crippen molar-refractivity contribution < 1.29 is 14.2 Å². The summed E-state index contributed by atoms with van der Waals surface area (Å²) >= 11 is 1.95. The zero-order valence-electron chi connectivity index (χ0n) is 12.6. The fraction of sp³-hybridized carbons (Fsp3) is 0.600. The van der Waals surface area contributed by atoms with Gasteiger partial charge in [-0.25, -0.2) is 0 Å². The summed E-state index contributed by atoms with van der Waals surface area (Å²) in [5.41, 5.74) is 1.03. The molecule has 0 saturated heterocycles. The lowest BCUT2D eigenvalue weighted by Gasteiger charge is -2.17. The van der Waals surface area contributed by atoms with E-state index in [-0.39, 0.29) is 0 Å². The Bertz CT molecular complexity index is 435. The number of hydrogen-bond acceptors (Lipinski definition) is 5. The smallest absolute Gasteiger partial charge is 0.130 e. The third-order valence-electron chi connectivity index (χ3n) is 3.81. The van der Waals surface area contributed by atoms with Gasteiger partial charge in [0.2, 0.25) is 0 Å². The second kappa shape index (κ2) is 6.59. The third-order valence-corrected chi connectivity index (χ3v) is 5.23. The molecule has 0 amide bonds. The molecule has 0 aromatic heterocycles. The van der Waals surface area contributed by atoms with E-state index in [2.05, 4.69) is 11.6 Å². The summed E-state index contributed by atoms with van der Waals surface area (Å²) in [5.74, 6) is 2.33. The Morgan fingerprint density at radius 2 is 1.70 bits per heavy atom. The van der Waals surface area contributed by atoms with E-state index in [0.717, 1.165) is 35.9 Å². The highest BCUT2D eigenvalue weighted by Gasteiger charge is 2.41. The molecule has 1 fully saturated rings. The van der Waals surface area contributed by atoms with Gasteiger partial charge in [0, 0.05) is 30.0 Å². The third kappa shape index (κ3) is 3.33. The molecule has 1 aliphatic rings. The van der Waals surface area contributed by atoms with E-state index in [4.69, 9.17) is 14.2 Å². The minimum atomic E-state index is 0.451. The van der Waals surface area contributed by atoms with Gasteiger partial charge in [0.05, 0.1) is 26.9 Å². The fourth-order valence-electron chi connectivity index (χ4n) is 2.26. The topological polar surface area (TPSA) is 39.7 Å². The van der Waals surface area contributed by atoms with Crippen molar-refractivity contribution in [3.8, 4) is 17.2 Å². The Kier molecular flexibility index (Phi) is 5.05. The maximum absolute atomic E-state index is 5.45. The van der Waals surface area contributed by atoms with E-state index >= 15 is 0 Å². The van der Waals surface area contributed by atoms with Crippen LogP contribution < -0.4 is 19.5 Å². The SMILES string of the molecule is COc1cc(OC)c(CNCC2(SC)CC2)c(OC)c1. The van der Waals surface area contributed by atoms with Crippen LogP contribution in [0.5, 0.6) is 17.2 Å². The zero-order chi connectivity index (χ0) is 14.6. The molecule has 1 saturated carbocycles. The highest BCUT2D eigenvalue weighted by atomic mass is 32.2. The Labute approximate surface area is 125 Å². The van der Waals surface area contributed by atoms with Crippen molar-refractivity contribution in [1.82, 2.24) is 5.32 Å². The van der Waals surface area contributed by atoms with Gasteiger partial charge in [-0.15, -0.1) is 0 Å². The quantitative estimate of drug-likeness (QED) is 0.799. The molecule has 0 spiro atoms. The van der Waals surface area contributed by atoms with Crippen molar-refractivity contribution in [1.29, 1.82) is 0 Å². The Hall–Kier alpha value is -1.07. The van der Waals surface area contributed by atoms with E-state index in [0.29, 0.717) is 4.75 Å². The average Bonchev–Trinajstić information content (AvgIpc) is 3.27. The van der Waals surface area contributed by atoms with Gasteiger partial charge in [-0.3, -0.25) is 0 Å². The van der Waals surface area contributed by atoms with Crippen LogP contribution in [0.2, 0.25) is 0 Å². The van der Waals surface area contributed by atoms with Crippen LogP contribution in [-0.4, -0.2) is 38.9 Å². The van der Waals surface area contributed by atoms with Crippen molar-refractivity contribution in [2.45, 2.75) is 24.1 Å². The molecular weight excluding hydrogens is 274 g/mol. The molecule has 0 bridgehead atoms. The van der Waals surface area contributed by atoms with Crippen LogP contribution >= 0.6 is 11.8 Å². The number of nitrogens with one attached hydrogen (secondary N) is 1. The minimum Gasteiger partial charge on any atom is -0.496 e. The molecule has 0 unspecified atom stereocenters. The molecule has 1 aromatic carbocycles. The summed E-state index contributed by atoms with van der Waals surface area (Å²) < 4.78 is 16.6. The lowest BCUT2D eigenvalue weighted by Crippen LogP contribution is -2.25. The highest BCUT2D eigenvalue weighted by molar-refractivity contribution is 8.00. The summed E-state index contributed by atoms with van der Waals surface area (Å²) in [6.45, 7) is 1.76. The lowest BCUT2D eigenvalue weighted by molar-refractivity contribution is 0.366. The number of ether oxygens (including phenoxy) is 3. The van der Waals surface area contributed by atoms with E-state index in [1.54, 1.807) is 21.3 Å². The summed E-state index contributed by atoms with van der Waals surface area (Å²) in [4.78, 5) is 0. The van der Waals surface area contributed by atoms with Crippen LogP contribution in [0.4, 0.5) is 0 Å². The molecule has 2 rings (SSSR count). The number of methoxy groups -OCH3 is 3. The second-order valence-corrected chi connectivity index (χ2v) is 6.28. The maximum Gasteiger partial charge on any atom is 0.130 e. The highest BCUT2D eigenvalue weighted by Crippen LogP contribution is 2.46. The van der Waals surface area contributed by atoms with Crippen LogP contribution in [0.15, 0.2) is 12.1 Å². The van der Waals surface area contributed by atoms with Crippen molar-refractivity contribution in [2.24, 2.45) is 0 Å². The van der Waals surface area contributed by atoms with Crippen molar-refractivity contribution in [2.75, 3.05) is 34.1 Å². The van der Waals surface area contributed by atoms with Crippen LogP contribution in [0, 0.1) is 0 Å². The fourth-order valence-corrected chi connectivity index (χ4v) is 3.02. The normalized spacial score (nSPS) is 15.8. The Morgan fingerprint density at radius 1 is 1.10 bits per heavy atom. The molecule has 0 radical (unpaired) electrons. The first-order valence-electron chi connectivity index (χ1n) is 6.73. The van der Waals surface area contributed by atoms with E-state index < -0.39 is 0 Å². The molecule has 0 atom stereocenters. The van der Waals surface area contributed by atoms with Crippen molar-refractivity contribution in [3.05, 3.63) is 17.7 Å². The standard InChI is InChI=1S/C15H23NO3S/c1-17-11-7-13(18-2)12(14(8-11)19-3)9-16-10-15(20-4)5-6-15/h7-8,16H,5-6,9-10H2,1-4H3. The van der Waals surface area contributed by atoms with Gasteiger partial charge in [0.1, 0.15) is 17.2 Å². The summed E-state index contributed by atoms with van der Waals surface area (Å²) in [7, 11) is 4.98. The van der Waals surface area contributed by atoms with E-state index in [1.165, 1.54) is 12.8 Å². The molecule has 1 aromatic rings. The van der Waals surface area contributed by atoms with E-state index in [9.17, 15) is 0 Å². The van der Waals surface area contributed by atoms with Crippen LogP contribution in [0.3, 0.4) is 0 Å². The van der Waals surface area contributed by atoms with Gasteiger partial charge in [-0.2, -0.15) is 11.8 Å². The second-order valence-electron chi connectivity index (χ2n) is 5.00. The minimum absolute atomic E-state index is 0.451. The van der Waals surface area contributed by atoms with Gasteiger partial charge in [0.25, 0.3) is 0 Å². The van der Waals surface area contributed by atoms with E-state index in [1.807, 2.05) is 23.9 Å². The maximum atomic E-state index is 5.45. The predicted octanol–water partition coefficient (Wildman–Crippen LogP) is 2.70. The monoisotopic (exact) mass is 297 g/mol. The van der Waals surface area contributed by atoms with Crippen LogP contribution in [-0.2, 0) is 6.54 Å². The van der Waals surface area contributed by atoms with Gasteiger partial charge in [0.15, 0.2) is 0 Å². The van der Waals surface area contributed by atoms with Crippen LogP contribution in [0.25, 0.3) is 0 Å². The number of thioether (sulfide) groups is 1. The molecule has 0 aliphatic heterocycles. The van der Waals surface area contributed by atoms with Crippen LogP contribution in [0.1, 0.15) is 18.4 Å². The summed E-state index contributed by atoms with van der Waals surface area (Å²) in [6.07, 6.45) is 4.79. The molecule has 112 valence electrons. The first-order valence-corrected chi connectivity index (χ1v) is 7.95. The zero-order valence-corrected chi connectivity index (χ0v) is 13.4. The Morgan fingerprint density at radius 3 is 2.10 bits per heavy atom. The van der Waals surface area contributed by atoms with Gasteiger partial charge in [-0.1, -0.05) is 0 Å². The lowest BCUT2D eigenvalue weighted by atomic mass is 10.1. The number of benzene rings is 1. The van der Waals surface area contributed by atoms with Crippen molar-refractivity contribution in [3.63, 3.8) is 0 Å². The first kappa shape index (κ1) is 15.3. The molecule has 1 aliphatic carbocycles. The summed E-state index contributed by atoms with van der Waals surface area (Å²) in [5, 5.41) is 3.52. The van der Waals surface area contributed by atoms with Gasteiger partial charge < -0.3 is 19.5 Å². The summed E-state index contributed by atoms with van der Waals surface area (Å²) in [6, 6.07) is 3.78. The molecule has 1 N–H and O–H groups in total. The molecule has 20 heavy (non-hydrogen) atoms. The Balaban J connectivity index is 2.08. The molecule has 4 nitrogen and oxygen atoms in total. The predicted molar refractivity (Wildman–Crippen MR) is 83.3 cm³/mol. The molecule has 0 heterocycles. The van der Waals surface area contributed by atoms with Crippen molar-refractivity contribution >= 4 is 11.8 Å². The van der Waals surface area contributed by atoms with Gasteiger partial charge in [-0.05, 0) is 19.1 Å². The molecular formula is C15H23NO3S. The van der Waals surface area contributed by atoms with Gasteiger partial charge >= 0.3 is 0 Å². The first-order chi connectivity index (χ1) is 9.68. The number of rotatable bonds is 8. The largest absolute Gasteiger partial charge is 0.496 e. The average molecular weight is 297 g/mol.